The Bertz CT molecular complexity index is 925. The van der Waals surface area contributed by atoms with Crippen molar-refractivity contribution in [2.45, 2.75) is 13.8 Å². The number of nitrogens with zero attached hydrogens (tertiary/aromatic N) is 2. The van der Waals surface area contributed by atoms with Crippen LogP contribution in [0.15, 0.2) is 30.3 Å². The van der Waals surface area contributed by atoms with Gasteiger partial charge in [-0.25, -0.2) is 4.98 Å². The summed E-state index contributed by atoms with van der Waals surface area (Å²) >= 11 is 0. The van der Waals surface area contributed by atoms with Crippen LogP contribution in [-0.4, -0.2) is 21.4 Å². The van der Waals surface area contributed by atoms with Gasteiger partial charge in [0.1, 0.15) is 11.5 Å². The van der Waals surface area contributed by atoms with Crippen LogP contribution in [0.4, 0.5) is 5.82 Å². The lowest BCUT2D eigenvalue weighted by Gasteiger charge is -2.08. The van der Waals surface area contributed by atoms with Gasteiger partial charge in [-0.05, 0) is 12.1 Å². The Kier molecular flexibility index (Phi) is 3.09. The number of aromatic nitrogens is 2. The van der Waals surface area contributed by atoms with E-state index in [9.17, 15) is 9.59 Å². The van der Waals surface area contributed by atoms with Crippen molar-refractivity contribution in [2.24, 2.45) is 11.7 Å². The van der Waals surface area contributed by atoms with Crippen LogP contribution < -0.4 is 11.5 Å². The van der Waals surface area contributed by atoms with E-state index in [1.807, 2.05) is 38.1 Å². The zero-order valence-corrected chi connectivity index (χ0v) is 12.3. The van der Waals surface area contributed by atoms with E-state index in [2.05, 4.69) is 4.98 Å². The maximum absolute atomic E-state index is 12.6. The molecule has 0 radical (unpaired) electrons. The molecule has 0 saturated carbocycles. The largest absolute Gasteiger partial charge is 0.383 e. The minimum atomic E-state index is -0.640. The van der Waals surface area contributed by atoms with Gasteiger partial charge in [-0.3, -0.25) is 14.2 Å². The van der Waals surface area contributed by atoms with Gasteiger partial charge in [0.25, 0.3) is 5.91 Å². The Labute approximate surface area is 126 Å². The van der Waals surface area contributed by atoms with Crippen LogP contribution in [0.25, 0.3) is 21.9 Å². The van der Waals surface area contributed by atoms with Crippen molar-refractivity contribution in [1.29, 1.82) is 0 Å². The van der Waals surface area contributed by atoms with Gasteiger partial charge in [-0.2, -0.15) is 0 Å². The molecule has 22 heavy (non-hydrogen) atoms. The number of amides is 1. The van der Waals surface area contributed by atoms with Crippen LogP contribution in [0.3, 0.4) is 0 Å². The predicted octanol–water partition coefficient (Wildman–Crippen LogP) is 2.17. The normalized spacial score (nSPS) is 11.4. The molecule has 0 spiro atoms. The molecule has 0 aliphatic heterocycles. The number of anilines is 1. The van der Waals surface area contributed by atoms with Gasteiger partial charge in [0.05, 0.1) is 11.1 Å². The van der Waals surface area contributed by atoms with Crippen LogP contribution in [-0.2, 0) is 0 Å². The molecule has 0 aliphatic carbocycles. The van der Waals surface area contributed by atoms with Gasteiger partial charge >= 0.3 is 0 Å². The first-order chi connectivity index (χ1) is 10.4. The molecule has 4 N–H and O–H groups in total. The number of para-hydroxylation sites is 1. The molecule has 0 bridgehead atoms. The fourth-order valence-electron chi connectivity index (χ4n) is 2.58. The van der Waals surface area contributed by atoms with Gasteiger partial charge in [-0.15, -0.1) is 0 Å². The summed E-state index contributed by atoms with van der Waals surface area (Å²) in [6.45, 7) is 3.65. The van der Waals surface area contributed by atoms with E-state index >= 15 is 0 Å². The summed E-state index contributed by atoms with van der Waals surface area (Å²) < 4.78 is 1.55. The summed E-state index contributed by atoms with van der Waals surface area (Å²) in [7, 11) is 0. The van der Waals surface area contributed by atoms with Crippen molar-refractivity contribution in [3.8, 4) is 0 Å². The maximum Gasteiger partial charge on any atom is 0.252 e. The molecule has 0 saturated heterocycles. The number of benzene rings is 1. The summed E-state index contributed by atoms with van der Waals surface area (Å²) in [4.78, 5) is 28.3. The van der Waals surface area contributed by atoms with Crippen LogP contribution in [0.2, 0.25) is 0 Å². The number of carbonyl (C=O) groups is 2. The number of rotatable bonds is 2. The third-order valence-electron chi connectivity index (χ3n) is 3.66. The second-order valence-electron chi connectivity index (χ2n) is 5.50. The fourth-order valence-corrected chi connectivity index (χ4v) is 2.58. The Morgan fingerprint density at radius 3 is 2.50 bits per heavy atom. The molecule has 6 nitrogen and oxygen atoms in total. The molecular weight excluding hydrogens is 280 g/mol. The number of hydrogen-bond donors (Lipinski definition) is 2. The highest BCUT2D eigenvalue weighted by molar-refractivity contribution is 6.14. The van der Waals surface area contributed by atoms with E-state index in [1.165, 1.54) is 0 Å². The van der Waals surface area contributed by atoms with Gasteiger partial charge in [0.15, 0.2) is 0 Å². The SMILES string of the molecule is CC(C)C(=O)n1c2ccccc2c2cc(C(N)=O)c(N)nc21. The first-order valence-electron chi connectivity index (χ1n) is 6.95. The zero-order chi connectivity index (χ0) is 16.0. The maximum atomic E-state index is 12.6. The Hall–Kier alpha value is -2.89. The molecule has 2 heterocycles. The van der Waals surface area contributed by atoms with E-state index in [0.717, 1.165) is 10.9 Å². The zero-order valence-electron chi connectivity index (χ0n) is 12.3. The van der Waals surface area contributed by atoms with Crippen LogP contribution in [0.1, 0.15) is 29.0 Å². The number of nitrogen functional groups attached to an aromatic ring is 1. The van der Waals surface area contributed by atoms with Crippen LogP contribution in [0, 0.1) is 5.92 Å². The summed E-state index contributed by atoms with van der Waals surface area (Å²) in [6, 6.07) is 9.05. The lowest BCUT2D eigenvalue weighted by Crippen LogP contribution is -2.18. The lowest BCUT2D eigenvalue weighted by atomic mass is 10.1. The molecule has 112 valence electrons. The average molecular weight is 296 g/mol. The number of fused-ring (bicyclic) bond motifs is 3. The first-order valence-corrected chi connectivity index (χ1v) is 6.95. The number of primary amides is 1. The van der Waals surface area contributed by atoms with Gasteiger partial charge in [0.2, 0.25) is 5.91 Å². The molecule has 1 aromatic carbocycles. The Morgan fingerprint density at radius 1 is 1.18 bits per heavy atom. The molecule has 0 aliphatic rings. The van der Waals surface area contributed by atoms with E-state index in [4.69, 9.17) is 11.5 Å². The summed E-state index contributed by atoms with van der Waals surface area (Å²) in [6.07, 6.45) is 0. The topological polar surface area (TPSA) is 104 Å². The van der Waals surface area contributed by atoms with Gasteiger partial charge in [0, 0.05) is 16.7 Å². The smallest absolute Gasteiger partial charge is 0.252 e. The van der Waals surface area contributed by atoms with Crippen molar-refractivity contribution >= 4 is 39.6 Å². The van der Waals surface area contributed by atoms with E-state index in [1.54, 1.807) is 10.6 Å². The molecular formula is C16H16N4O2. The Balaban J connectivity index is 2.50. The third-order valence-corrected chi connectivity index (χ3v) is 3.66. The molecule has 0 atom stereocenters. The van der Waals surface area contributed by atoms with Crippen molar-refractivity contribution in [1.82, 2.24) is 9.55 Å². The fraction of sp³-hybridized carbons (Fsp3) is 0.188. The molecule has 0 unspecified atom stereocenters. The van der Waals surface area contributed by atoms with Crippen molar-refractivity contribution < 1.29 is 9.59 Å². The highest BCUT2D eigenvalue weighted by Crippen LogP contribution is 2.30. The summed E-state index contributed by atoms with van der Waals surface area (Å²) in [5.41, 5.74) is 12.5. The number of pyridine rings is 1. The van der Waals surface area contributed by atoms with Crippen molar-refractivity contribution in [3.05, 3.63) is 35.9 Å². The second kappa shape index (κ2) is 4.84. The predicted molar refractivity (Wildman–Crippen MR) is 85.6 cm³/mol. The molecule has 1 amide bonds. The minimum Gasteiger partial charge on any atom is -0.383 e. The lowest BCUT2D eigenvalue weighted by molar-refractivity contribution is 0.0865. The standard InChI is InChI=1S/C16H16N4O2/c1-8(2)16(22)20-12-6-4-3-5-9(12)10-7-11(14(18)21)13(17)19-15(10)20/h3-8H,1-2H3,(H2,17,19)(H2,18,21). The van der Waals surface area contributed by atoms with Crippen molar-refractivity contribution in [2.75, 3.05) is 5.73 Å². The quantitative estimate of drug-likeness (QED) is 0.756. The Morgan fingerprint density at radius 2 is 1.86 bits per heavy atom. The third kappa shape index (κ3) is 1.92. The van der Waals surface area contributed by atoms with Gasteiger partial charge < -0.3 is 11.5 Å². The monoisotopic (exact) mass is 296 g/mol. The minimum absolute atomic E-state index is 0.0283. The highest BCUT2D eigenvalue weighted by atomic mass is 16.2. The van der Waals surface area contributed by atoms with Crippen molar-refractivity contribution in [3.63, 3.8) is 0 Å². The van der Waals surface area contributed by atoms with E-state index in [-0.39, 0.29) is 23.2 Å². The van der Waals surface area contributed by atoms with E-state index < -0.39 is 5.91 Å². The number of nitrogens with two attached hydrogens (primary N) is 2. The molecule has 0 fully saturated rings. The number of carbonyl (C=O) groups excluding carboxylic acids is 2. The van der Waals surface area contributed by atoms with Crippen LogP contribution in [0.5, 0.6) is 0 Å². The summed E-state index contributed by atoms with van der Waals surface area (Å²) in [5.74, 6) is -0.887. The average Bonchev–Trinajstić information content (AvgIpc) is 2.78. The molecule has 6 heteroatoms. The van der Waals surface area contributed by atoms with E-state index in [0.29, 0.717) is 11.0 Å². The molecule has 2 aromatic heterocycles. The second-order valence-corrected chi connectivity index (χ2v) is 5.50. The van der Waals surface area contributed by atoms with Crippen LogP contribution >= 0.6 is 0 Å². The van der Waals surface area contributed by atoms with Gasteiger partial charge in [-0.1, -0.05) is 32.0 Å². The first kappa shape index (κ1) is 14.1. The summed E-state index contributed by atoms with van der Waals surface area (Å²) in [5, 5.41) is 1.52. The molecule has 3 rings (SSSR count). The molecule has 3 aromatic rings. The highest BCUT2D eigenvalue weighted by Gasteiger charge is 2.21. The number of hydrogen-bond acceptors (Lipinski definition) is 4.